The van der Waals surface area contributed by atoms with Crippen molar-refractivity contribution >= 4 is 101 Å². The molecule has 0 aromatic heterocycles. The number of hydrogen-bond acceptors (Lipinski definition) is 8. The molecule has 3 aromatic rings. The number of fused-ring (bicyclic) bond motifs is 1. The van der Waals surface area contributed by atoms with Crippen LogP contribution in [0.1, 0.15) is 20.7 Å². The lowest BCUT2D eigenvalue weighted by atomic mass is 10.0. The average Bonchev–Trinajstić information content (AvgIpc) is 2.75. The summed E-state index contributed by atoms with van der Waals surface area (Å²) >= 11 is 6.17. The number of carbonyl (C=O) groups is 2. The van der Waals surface area contributed by atoms with Crippen molar-refractivity contribution in [3.05, 3.63) is 64.3 Å². The maximum absolute atomic E-state index is 12.6. The molecule has 0 aliphatic heterocycles. The molecule has 0 radical (unpaired) electrons. The van der Waals surface area contributed by atoms with Crippen molar-refractivity contribution in [3.63, 3.8) is 0 Å². The molecule has 0 aliphatic carbocycles. The van der Waals surface area contributed by atoms with Crippen LogP contribution < -0.4 is 4.74 Å². The highest BCUT2D eigenvalue weighted by atomic mass is 127. The summed E-state index contributed by atoms with van der Waals surface area (Å²) in [6.45, 7) is -0.398. The zero-order valence-corrected chi connectivity index (χ0v) is 24.1. The van der Waals surface area contributed by atoms with E-state index in [4.69, 9.17) is 14.2 Å². The smallest absolute Gasteiger partial charge is 0.340 e. The number of hydrogen-bond donors (Lipinski definition) is 0. The zero-order valence-electron chi connectivity index (χ0n) is 16.8. The van der Waals surface area contributed by atoms with E-state index in [9.17, 15) is 22.6 Å². The largest absolute Gasteiger partial charge is 0.744 e. The van der Waals surface area contributed by atoms with E-state index in [0.717, 1.165) is 9.64 Å². The molecular weight excluding hydrogens is 793 g/mol. The van der Waals surface area contributed by atoms with Gasteiger partial charge in [-0.25, -0.2) is 18.0 Å². The van der Waals surface area contributed by atoms with Gasteiger partial charge in [-0.15, -0.1) is 0 Å². The highest BCUT2D eigenvalue weighted by Gasteiger charge is 2.22. The molecule has 0 fully saturated rings. The molecule has 0 saturated carbocycles. The minimum absolute atomic E-state index is 0.0933. The highest BCUT2D eigenvalue weighted by molar-refractivity contribution is 14.1. The van der Waals surface area contributed by atoms with Gasteiger partial charge < -0.3 is 18.8 Å². The molecule has 3 rings (SSSR count). The summed E-state index contributed by atoms with van der Waals surface area (Å²) in [5.41, 5.74) is 0.455. The standard InChI is InChI=1S/C21H15I3O8S/c1-30-19-15(23)10-14(22)17(18(19)24)21(26)32-9-8-31-20(25)13-6-7-16(33(27,28)29)12-5-3-2-4-11(12)13/h2-7,10H,8-9H2,1H3,(H,27,28,29)/p-1. The monoisotopic (exact) mass is 807 g/mol. The predicted octanol–water partition coefficient (Wildman–Crippen LogP) is 4.58. The van der Waals surface area contributed by atoms with Crippen LogP contribution in [-0.2, 0) is 19.6 Å². The zero-order chi connectivity index (χ0) is 24.3. The third-order valence-corrected chi connectivity index (χ3v) is 8.04. The number of halogens is 3. The van der Waals surface area contributed by atoms with E-state index >= 15 is 0 Å². The fraction of sp³-hybridized carbons (Fsp3) is 0.143. The number of ether oxygens (including phenoxy) is 3. The van der Waals surface area contributed by atoms with Crippen LogP contribution in [0.5, 0.6) is 5.75 Å². The number of benzene rings is 3. The van der Waals surface area contributed by atoms with Crippen molar-refractivity contribution in [1.82, 2.24) is 0 Å². The van der Waals surface area contributed by atoms with E-state index in [0.29, 0.717) is 18.5 Å². The Morgan fingerprint density at radius 2 is 1.52 bits per heavy atom. The molecule has 0 unspecified atom stereocenters. The predicted molar refractivity (Wildman–Crippen MR) is 144 cm³/mol. The fourth-order valence-electron chi connectivity index (χ4n) is 3.03. The molecule has 0 N–H and O–H groups in total. The van der Waals surface area contributed by atoms with Crippen LogP contribution in [0.2, 0.25) is 0 Å². The van der Waals surface area contributed by atoms with Crippen LogP contribution >= 0.6 is 67.8 Å². The van der Waals surface area contributed by atoms with E-state index in [1.165, 1.54) is 25.3 Å². The molecular formula is C21H14I3O8S-. The Morgan fingerprint density at radius 3 is 2.12 bits per heavy atom. The summed E-state index contributed by atoms with van der Waals surface area (Å²) in [6.07, 6.45) is 0. The molecule has 33 heavy (non-hydrogen) atoms. The average molecular weight is 807 g/mol. The van der Waals surface area contributed by atoms with Gasteiger partial charge in [-0.3, -0.25) is 0 Å². The third-order valence-electron chi connectivity index (χ3n) is 4.46. The summed E-state index contributed by atoms with van der Waals surface area (Å²) < 4.78 is 52.5. The third kappa shape index (κ3) is 5.88. The van der Waals surface area contributed by atoms with Crippen molar-refractivity contribution < 1.29 is 36.8 Å². The maximum atomic E-state index is 12.6. The summed E-state index contributed by atoms with van der Waals surface area (Å²) in [5.74, 6) is -0.743. The molecule has 174 valence electrons. The second kappa shape index (κ2) is 11.0. The highest BCUT2D eigenvalue weighted by Crippen LogP contribution is 2.33. The minimum Gasteiger partial charge on any atom is -0.744 e. The molecule has 12 heteroatoms. The summed E-state index contributed by atoms with van der Waals surface area (Å²) in [4.78, 5) is 24.7. The molecule has 8 nitrogen and oxygen atoms in total. The lowest BCUT2D eigenvalue weighted by Gasteiger charge is -2.14. The Hall–Kier alpha value is -1.24. The van der Waals surface area contributed by atoms with E-state index in [1.54, 1.807) is 18.2 Å². The first-order chi connectivity index (χ1) is 15.6. The van der Waals surface area contributed by atoms with Crippen LogP contribution in [0.3, 0.4) is 0 Å². The normalized spacial score (nSPS) is 11.3. The van der Waals surface area contributed by atoms with Crippen molar-refractivity contribution in [1.29, 1.82) is 0 Å². The second-order valence-corrected chi connectivity index (χ2v) is 11.2. The Labute approximate surface area is 230 Å². The van der Waals surface area contributed by atoms with Crippen LogP contribution in [0.25, 0.3) is 10.8 Å². The van der Waals surface area contributed by atoms with Crippen LogP contribution in [-0.4, -0.2) is 45.2 Å². The lowest BCUT2D eigenvalue weighted by Crippen LogP contribution is -2.16. The first kappa shape index (κ1) is 26.4. The van der Waals surface area contributed by atoms with Gasteiger partial charge in [0, 0.05) is 8.96 Å². The molecule has 0 atom stereocenters. The SMILES string of the molecule is COc1c(I)cc(I)c(C(=O)OCCOC(=O)c2ccc(S(=O)(=O)[O-])c3ccccc23)c1I. The molecule has 0 aliphatic rings. The number of rotatable bonds is 7. The van der Waals surface area contributed by atoms with Crippen molar-refractivity contribution in [2.24, 2.45) is 0 Å². The first-order valence-electron chi connectivity index (χ1n) is 9.09. The summed E-state index contributed by atoms with van der Waals surface area (Å²) in [6, 6.07) is 10.2. The molecule has 0 amide bonds. The maximum Gasteiger partial charge on any atom is 0.340 e. The molecule has 0 saturated heterocycles. The van der Waals surface area contributed by atoms with Gasteiger partial charge in [0.1, 0.15) is 29.1 Å². The topological polar surface area (TPSA) is 119 Å². The van der Waals surface area contributed by atoms with Gasteiger partial charge in [-0.2, -0.15) is 0 Å². The Kier molecular flexibility index (Phi) is 8.79. The van der Waals surface area contributed by atoms with Crippen molar-refractivity contribution in [2.75, 3.05) is 20.3 Å². The van der Waals surface area contributed by atoms with Crippen molar-refractivity contribution in [3.8, 4) is 5.75 Å². The summed E-state index contributed by atoms with van der Waals surface area (Å²) in [7, 11) is -3.20. The minimum atomic E-state index is -4.71. The van der Waals surface area contributed by atoms with Gasteiger partial charge in [0.05, 0.1) is 30.3 Å². The second-order valence-electron chi connectivity index (χ2n) is 6.45. The van der Waals surface area contributed by atoms with Gasteiger partial charge in [0.15, 0.2) is 0 Å². The Morgan fingerprint density at radius 1 is 0.909 bits per heavy atom. The molecule has 0 heterocycles. The molecule has 0 bridgehead atoms. The van der Waals surface area contributed by atoms with Crippen LogP contribution in [0.4, 0.5) is 0 Å². The summed E-state index contributed by atoms with van der Waals surface area (Å²) in [5, 5.41) is 0.400. The van der Waals surface area contributed by atoms with Crippen LogP contribution in [0, 0.1) is 10.7 Å². The van der Waals surface area contributed by atoms with Gasteiger partial charge in [-0.05, 0) is 91.4 Å². The van der Waals surface area contributed by atoms with E-state index < -0.39 is 27.0 Å². The number of methoxy groups -OCH3 is 1. The Balaban J connectivity index is 1.70. The molecule has 0 spiro atoms. The molecule has 3 aromatic carbocycles. The van der Waals surface area contributed by atoms with Crippen molar-refractivity contribution in [2.45, 2.75) is 4.90 Å². The quantitative estimate of drug-likeness (QED) is 0.148. The van der Waals surface area contributed by atoms with Gasteiger partial charge in [0.2, 0.25) is 0 Å². The fourth-order valence-corrected chi connectivity index (χ4v) is 7.97. The first-order valence-corrected chi connectivity index (χ1v) is 13.7. The Bertz CT molecular complexity index is 1360. The lowest BCUT2D eigenvalue weighted by molar-refractivity contribution is 0.0265. The van der Waals surface area contributed by atoms with Crippen LogP contribution in [0.15, 0.2) is 47.4 Å². The van der Waals surface area contributed by atoms with E-state index in [-0.39, 0.29) is 29.5 Å². The number of carbonyl (C=O) groups excluding carboxylic acids is 2. The number of esters is 2. The van der Waals surface area contributed by atoms with Gasteiger partial charge in [-0.1, -0.05) is 24.3 Å². The van der Waals surface area contributed by atoms with Gasteiger partial charge >= 0.3 is 11.9 Å². The van der Waals surface area contributed by atoms with E-state index in [1.807, 2.05) is 45.2 Å². The van der Waals surface area contributed by atoms with Gasteiger partial charge in [0.25, 0.3) is 0 Å². The van der Waals surface area contributed by atoms with E-state index in [2.05, 4.69) is 22.6 Å².